The standard InChI is InChI=1S/C13H21N3O2S/c1-10-3-2-4-11(7-10)5-6-16-9-14-15-13(16)19-8-12(17)18/h9-11H,2-8H2,1H3,(H,17,18). The maximum Gasteiger partial charge on any atom is 0.313 e. The highest BCUT2D eigenvalue weighted by Crippen LogP contribution is 2.31. The number of carboxylic acids is 1. The fourth-order valence-corrected chi connectivity index (χ4v) is 3.44. The van der Waals surface area contributed by atoms with Crippen molar-refractivity contribution < 1.29 is 9.90 Å². The monoisotopic (exact) mass is 283 g/mol. The van der Waals surface area contributed by atoms with Crippen LogP contribution in [0.3, 0.4) is 0 Å². The largest absolute Gasteiger partial charge is 0.481 e. The van der Waals surface area contributed by atoms with Gasteiger partial charge in [-0.25, -0.2) is 0 Å². The maximum absolute atomic E-state index is 10.6. The number of aromatic nitrogens is 3. The molecular weight excluding hydrogens is 262 g/mol. The van der Waals surface area contributed by atoms with Crippen molar-refractivity contribution in [3.05, 3.63) is 6.33 Å². The molecule has 0 radical (unpaired) electrons. The van der Waals surface area contributed by atoms with E-state index in [1.165, 1.54) is 37.4 Å². The fourth-order valence-electron chi connectivity index (χ4n) is 2.78. The molecule has 5 nitrogen and oxygen atoms in total. The van der Waals surface area contributed by atoms with E-state index in [1.54, 1.807) is 6.33 Å². The van der Waals surface area contributed by atoms with Gasteiger partial charge in [0.25, 0.3) is 0 Å². The first-order valence-electron chi connectivity index (χ1n) is 6.87. The Morgan fingerprint density at radius 3 is 3.16 bits per heavy atom. The summed E-state index contributed by atoms with van der Waals surface area (Å²) in [5.74, 6) is 0.865. The molecule has 0 bridgehead atoms. The van der Waals surface area contributed by atoms with E-state index in [2.05, 4.69) is 17.1 Å². The van der Waals surface area contributed by atoms with Crippen molar-refractivity contribution in [2.75, 3.05) is 5.75 Å². The first kappa shape index (κ1) is 14.4. The number of hydrogen-bond donors (Lipinski definition) is 1. The number of carboxylic acid groups (broad SMARTS) is 1. The quantitative estimate of drug-likeness (QED) is 0.813. The summed E-state index contributed by atoms with van der Waals surface area (Å²) in [4.78, 5) is 10.6. The van der Waals surface area contributed by atoms with Gasteiger partial charge in [-0.2, -0.15) is 0 Å². The Bertz CT molecular complexity index is 422. The van der Waals surface area contributed by atoms with Crippen LogP contribution >= 0.6 is 11.8 Å². The Balaban J connectivity index is 1.82. The third-order valence-electron chi connectivity index (χ3n) is 3.73. The third-order valence-corrected chi connectivity index (χ3v) is 4.69. The number of rotatable bonds is 6. The summed E-state index contributed by atoms with van der Waals surface area (Å²) in [5.41, 5.74) is 0. The van der Waals surface area contributed by atoms with Crippen LogP contribution in [0.25, 0.3) is 0 Å². The van der Waals surface area contributed by atoms with Crippen LogP contribution in [-0.4, -0.2) is 31.6 Å². The fraction of sp³-hybridized carbons (Fsp3) is 0.769. The zero-order chi connectivity index (χ0) is 13.7. The van der Waals surface area contributed by atoms with E-state index < -0.39 is 5.97 Å². The number of aliphatic carboxylic acids is 1. The molecule has 1 saturated carbocycles. The molecule has 106 valence electrons. The van der Waals surface area contributed by atoms with Gasteiger partial charge in [0.2, 0.25) is 0 Å². The van der Waals surface area contributed by atoms with Crippen LogP contribution in [0.4, 0.5) is 0 Å². The first-order valence-corrected chi connectivity index (χ1v) is 7.86. The van der Waals surface area contributed by atoms with Gasteiger partial charge in [-0.1, -0.05) is 37.9 Å². The summed E-state index contributed by atoms with van der Waals surface area (Å²) in [7, 11) is 0. The number of carbonyl (C=O) groups is 1. The summed E-state index contributed by atoms with van der Waals surface area (Å²) >= 11 is 1.24. The van der Waals surface area contributed by atoms with Gasteiger partial charge in [0.15, 0.2) is 5.16 Å². The molecule has 1 aliphatic rings. The molecule has 1 aromatic heterocycles. The molecule has 0 aromatic carbocycles. The van der Waals surface area contributed by atoms with E-state index in [0.717, 1.165) is 24.8 Å². The second-order valence-corrected chi connectivity index (χ2v) is 6.36. The lowest BCUT2D eigenvalue weighted by Crippen LogP contribution is -2.15. The van der Waals surface area contributed by atoms with Gasteiger partial charge in [0, 0.05) is 6.54 Å². The predicted molar refractivity (Wildman–Crippen MR) is 74.1 cm³/mol. The zero-order valence-electron chi connectivity index (χ0n) is 11.3. The van der Waals surface area contributed by atoms with Gasteiger partial charge >= 0.3 is 5.97 Å². The summed E-state index contributed by atoms with van der Waals surface area (Å²) in [6.45, 7) is 3.23. The highest BCUT2D eigenvalue weighted by molar-refractivity contribution is 7.99. The highest BCUT2D eigenvalue weighted by atomic mass is 32.2. The van der Waals surface area contributed by atoms with Crippen molar-refractivity contribution in [3.63, 3.8) is 0 Å². The molecule has 1 N–H and O–H groups in total. The minimum absolute atomic E-state index is 0.0408. The number of thioether (sulfide) groups is 1. The minimum atomic E-state index is -0.819. The molecule has 0 amide bonds. The van der Waals surface area contributed by atoms with E-state index in [4.69, 9.17) is 5.11 Å². The van der Waals surface area contributed by atoms with E-state index in [0.29, 0.717) is 5.16 Å². The number of hydrogen-bond acceptors (Lipinski definition) is 4. The van der Waals surface area contributed by atoms with Gasteiger partial charge in [-0.05, 0) is 24.7 Å². The maximum atomic E-state index is 10.6. The van der Waals surface area contributed by atoms with E-state index >= 15 is 0 Å². The van der Waals surface area contributed by atoms with Gasteiger partial charge < -0.3 is 9.67 Å². The SMILES string of the molecule is CC1CCCC(CCn2cnnc2SCC(=O)O)C1. The molecule has 0 spiro atoms. The summed E-state index contributed by atoms with van der Waals surface area (Å²) in [6.07, 6.45) is 8.20. The second kappa shape index (κ2) is 6.93. The van der Waals surface area contributed by atoms with E-state index in [1.807, 2.05) is 4.57 Å². The molecule has 6 heteroatoms. The van der Waals surface area contributed by atoms with Crippen LogP contribution in [0.5, 0.6) is 0 Å². The average molecular weight is 283 g/mol. The van der Waals surface area contributed by atoms with Crippen LogP contribution < -0.4 is 0 Å². The predicted octanol–water partition coefficient (Wildman–Crippen LogP) is 2.67. The number of nitrogens with zero attached hydrogens (tertiary/aromatic N) is 3. The molecule has 2 unspecified atom stereocenters. The molecule has 2 atom stereocenters. The Labute approximate surface area is 117 Å². The Morgan fingerprint density at radius 2 is 2.42 bits per heavy atom. The summed E-state index contributed by atoms with van der Waals surface area (Å²) < 4.78 is 1.98. The van der Waals surface area contributed by atoms with Crippen LogP contribution in [-0.2, 0) is 11.3 Å². The van der Waals surface area contributed by atoms with Crippen molar-refractivity contribution in [3.8, 4) is 0 Å². The van der Waals surface area contributed by atoms with Crippen molar-refractivity contribution in [2.24, 2.45) is 11.8 Å². The molecular formula is C13H21N3O2S. The Kier molecular flexibility index (Phi) is 5.24. The molecule has 19 heavy (non-hydrogen) atoms. The van der Waals surface area contributed by atoms with Crippen LogP contribution in [0.15, 0.2) is 11.5 Å². The molecule has 0 saturated heterocycles. The molecule has 1 aliphatic carbocycles. The van der Waals surface area contributed by atoms with Crippen molar-refractivity contribution in [1.82, 2.24) is 14.8 Å². The van der Waals surface area contributed by atoms with E-state index in [9.17, 15) is 4.79 Å². The van der Waals surface area contributed by atoms with Crippen molar-refractivity contribution in [2.45, 2.75) is 50.7 Å². The molecule has 1 fully saturated rings. The van der Waals surface area contributed by atoms with E-state index in [-0.39, 0.29) is 5.75 Å². The van der Waals surface area contributed by atoms with Crippen molar-refractivity contribution >= 4 is 17.7 Å². The van der Waals surface area contributed by atoms with Gasteiger partial charge in [-0.3, -0.25) is 4.79 Å². The Hall–Kier alpha value is -1.04. The lowest BCUT2D eigenvalue weighted by molar-refractivity contribution is -0.133. The highest BCUT2D eigenvalue weighted by Gasteiger charge is 2.19. The van der Waals surface area contributed by atoms with Gasteiger partial charge in [-0.15, -0.1) is 10.2 Å². The lowest BCUT2D eigenvalue weighted by atomic mass is 9.81. The van der Waals surface area contributed by atoms with Crippen LogP contribution in [0.2, 0.25) is 0 Å². The molecule has 1 heterocycles. The van der Waals surface area contributed by atoms with Gasteiger partial charge in [0.05, 0.1) is 5.75 Å². The van der Waals surface area contributed by atoms with Crippen LogP contribution in [0, 0.1) is 11.8 Å². The lowest BCUT2D eigenvalue weighted by Gasteiger charge is -2.26. The topological polar surface area (TPSA) is 68.0 Å². The average Bonchev–Trinajstić information content (AvgIpc) is 2.81. The van der Waals surface area contributed by atoms with Crippen molar-refractivity contribution in [1.29, 1.82) is 0 Å². The zero-order valence-corrected chi connectivity index (χ0v) is 12.1. The Morgan fingerprint density at radius 1 is 1.58 bits per heavy atom. The second-order valence-electron chi connectivity index (χ2n) is 5.42. The third kappa shape index (κ3) is 4.53. The smallest absolute Gasteiger partial charge is 0.313 e. The van der Waals surface area contributed by atoms with Gasteiger partial charge in [0.1, 0.15) is 6.33 Å². The van der Waals surface area contributed by atoms with Crippen LogP contribution in [0.1, 0.15) is 39.0 Å². The summed E-state index contributed by atoms with van der Waals surface area (Å²) in [5, 5.41) is 17.3. The molecule has 1 aromatic rings. The number of aryl methyl sites for hydroxylation is 1. The molecule has 2 rings (SSSR count). The normalized spacial score (nSPS) is 23.4. The minimum Gasteiger partial charge on any atom is -0.481 e. The summed E-state index contributed by atoms with van der Waals surface area (Å²) in [6, 6.07) is 0. The molecule has 0 aliphatic heterocycles. The first-order chi connectivity index (χ1) is 9.15.